The molecule has 0 saturated carbocycles. The SMILES string of the molecule is NC(=O)c1cc(N)ccc1NC(=O)c1ccccc1. The van der Waals surface area contributed by atoms with E-state index in [0.29, 0.717) is 16.9 Å². The van der Waals surface area contributed by atoms with Gasteiger partial charge in [-0.15, -0.1) is 0 Å². The van der Waals surface area contributed by atoms with Gasteiger partial charge in [-0.25, -0.2) is 0 Å². The van der Waals surface area contributed by atoms with Crippen molar-refractivity contribution >= 4 is 23.2 Å². The van der Waals surface area contributed by atoms with Crippen molar-refractivity contribution in [1.82, 2.24) is 0 Å². The first-order chi connectivity index (χ1) is 9.08. The lowest BCUT2D eigenvalue weighted by Gasteiger charge is -2.09. The van der Waals surface area contributed by atoms with Gasteiger partial charge >= 0.3 is 0 Å². The molecule has 2 amide bonds. The van der Waals surface area contributed by atoms with E-state index in [4.69, 9.17) is 11.5 Å². The largest absolute Gasteiger partial charge is 0.399 e. The minimum atomic E-state index is -0.643. The van der Waals surface area contributed by atoms with Crippen molar-refractivity contribution in [3.63, 3.8) is 0 Å². The highest BCUT2D eigenvalue weighted by atomic mass is 16.2. The van der Waals surface area contributed by atoms with Crippen LogP contribution < -0.4 is 16.8 Å². The van der Waals surface area contributed by atoms with Crippen molar-refractivity contribution in [3.8, 4) is 0 Å². The number of benzene rings is 2. The third-order valence-corrected chi connectivity index (χ3v) is 2.59. The Balaban J connectivity index is 2.29. The fourth-order valence-corrected chi connectivity index (χ4v) is 1.66. The topological polar surface area (TPSA) is 98.2 Å². The lowest BCUT2D eigenvalue weighted by molar-refractivity contribution is 0.100. The summed E-state index contributed by atoms with van der Waals surface area (Å²) >= 11 is 0. The summed E-state index contributed by atoms with van der Waals surface area (Å²) in [5.74, 6) is -0.955. The van der Waals surface area contributed by atoms with E-state index in [2.05, 4.69) is 5.32 Å². The summed E-state index contributed by atoms with van der Waals surface area (Å²) in [6, 6.07) is 13.3. The van der Waals surface area contributed by atoms with Crippen LogP contribution in [0.4, 0.5) is 11.4 Å². The zero-order valence-electron chi connectivity index (χ0n) is 10.1. The summed E-state index contributed by atoms with van der Waals surface area (Å²) in [6.45, 7) is 0. The van der Waals surface area contributed by atoms with E-state index in [0.717, 1.165) is 0 Å². The minimum Gasteiger partial charge on any atom is -0.399 e. The number of nitrogens with two attached hydrogens (primary N) is 2. The quantitative estimate of drug-likeness (QED) is 0.727. The van der Waals surface area contributed by atoms with Crippen LogP contribution in [0.25, 0.3) is 0 Å². The molecule has 0 bridgehead atoms. The number of nitrogens with one attached hydrogen (secondary N) is 1. The van der Waals surface area contributed by atoms with Gasteiger partial charge in [0.1, 0.15) is 0 Å². The van der Waals surface area contributed by atoms with Gasteiger partial charge in [0.25, 0.3) is 11.8 Å². The van der Waals surface area contributed by atoms with Crippen LogP contribution in [0.2, 0.25) is 0 Å². The van der Waals surface area contributed by atoms with E-state index in [9.17, 15) is 9.59 Å². The van der Waals surface area contributed by atoms with Crippen molar-refractivity contribution in [2.45, 2.75) is 0 Å². The first-order valence-corrected chi connectivity index (χ1v) is 5.63. The Kier molecular flexibility index (Phi) is 3.47. The van der Waals surface area contributed by atoms with Crippen molar-refractivity contribution in [1.29, 1.82) is 0 Å². The summed E-state index contributed by atoms with van der Waals surface area (Å²) in [4.78, 5) is 23.3. The van der Waals surface area contributed by atoms with Gasteiger partial charge in [-0.2, -0.15) is 0 Å². The number of nitrogen functional groups attached to an aromatic ring is 1. The Bertz CT molecular complexity index is 624. The van der Waals surface area contributed by atoms with Gasteiger partial charge in [0, 0.05) is 11.3 Å². The average molecular weight is 255 g/mol. The molecule has 5 nitrogen and oxygen atoms in total. The molecule has 0 aliphatic heterocycles. The van der Waals surface area contributed by atoms with Crippen LogP contribution in [-0.4, -0.2) is 11.8 Å². The maximum absolute atomic E-state index is 12.0. The lowest BCUT2D eigenvalue weighted by Crippen LogP contribution is -2.18. The fourth-order valence-electron chi connectivity index (χ4n) is 1.66. The van der Waals surface area contributed by atoms with Crippen LogP contribution in [0, 0.1) is 0 Å². The monoisotopic (exact) mass is 255 g/mol. The van der Waals surface area contributed by atoms with Crippen LogP contribution in [0.1, 0.15) is 20.7 Å². The second-order valence-corrected chi connectivity index (χ2v) is 3.99. The number of amides is 2. The molecular formula is C14H13N3O2. The zero-order valence-corrected chi connectivity index (χ0v) is 10.1. The molecule has 2 aromatic carbocycles. The Hall–Kier alpha value is -2.82. The molecule has 0 heterocycles. The summed E-state index contributed by atoms with van der Waals surface area (Å²) < 4.78 is 0. The standard InChI is InChI=1S/C14H13N3O2/c15-10-6-7-12(11(8-10)13(16)18)17-14(19)9-4-2-1-3-5-9/h1-8H,15H2,(H2,16,18)(H,17,19). The van der Waals surface area contributed by atoms with Crippen molar-refractivity contribution in [2.75, 3.05) is 11.1 Å². The van der Waals surface area contributed by atoms with Gasteiger partial charge in [0.05, 0.1) is 11.3 Å². The van der Waals surface area contributed by atoms with Crippen molar-refractivity contribution in [3.05, 3.63) is 59.7 Å². The first-order valence-electron chi connectivity index (χ1n) is 5.63. The molecule has 96 valence electrons. The van der Waals surface area contributed by atoms with Crippen molar-refractivity contribution < 1.29 is 9.59 Å². The molecule has 2 aromatic rings. The molecule has 2 rings (SSSR count). The third kappa shape index (κ3) is 2.90. The molecule has 5 N–H and O–H groups in total. The summed E-state index contributed by atoms with van der Waals surface area (Å²) in [6.07, 6.45) is 0. The molecule has 0 radical (unpaired) electrons. The molecule has 19 heavy (non-hydrogen) atoms. The molecule has 0 aromatic heterocycles. The second-order valence-electron chi connectivity index (χ2n) is 3.99. The van der Waals surface area contributed by atoms with Crippen LogP contribution in [-0.2, 0) is 0 Å². The van der Waals surface area contributed by atoms with E-state index < -0.39 is 5.91 Å². The molecule has 0 aliphatic carbocycles. The average Bonchev–Trinajstić information content (AvgIpc) is 2.41. The number of hydrogen-bond acceptors (Lipinski definition) is 3. The highest BCUT2D eigenvalue weighted by Gasteiger charge is 2.12. The van der Waals surface area contributed by atoms with Crippen LogP contribution in [0.5, 0.6) is 0 Å². The Labute approximate surface area is 110 Å². The van der Waals surface area contributed by atoms with Gasteiger partial charge in [0.2, 0.25) is 0 Å². The summed E-state index contributed by atoms with van der Waals surface area (Å²) in [5, 5.41) is 2.64. The number of primary amides is 1. The van der Waals surface area contributed by atoms with Gasteiger partial charge in [-0.1, -0.05) is 18.2 Å². The predicted octanol–water partition coefficient (Wildman–Crippen LogP) is 1.62. The third-order valence-electron chi connectivity index (χ3n) is 2.59. The summed E-state index contributed by atoms with van der Waals surface area (Å²) in [5.41, 5.74) is 12.3. The number of rotatable bonds is 3. The van der Waals surface area contributed by atoms with Gasteiger partial charge < -0.3 is 16.8 Å². The normalized spacial score (nSPS) is 9.89. The molecule has 0 atom stereocenters. The molecule has 0 saturated heterocycles. The Morgan fingerprint density at radius 1 is 1.00 bits per heavy atom. The van der Waals surface area contributed by atoms with E-state index in [-0.39, 0.29) is 11.5 Å². The van der Waals surface area contributed by atoms with E-state index in [1.807, 2.05) is 6.07 Å². The number of anilines is 2. The lowest BCUT2D eigenvalue weighted by atomic mass is 10.1. The van der Waals surface area contributed by atoms with Crippen molar-refractivity contribution in [2.24, 2.45) is 5.73 Å². The maximum Gasteiger partial charge on any atom is 0.255 e. The Morgan fingerprint density at radius 3 is 2.32 bits per heavy atom. The Morgan fingerprint density at radius 2 is 1.68 bits per heavy atom. The van der Waals surface area contributed by atoms with Crippen LogP contribution in [0.15, 0.2) is 48.5 Å². The van der Waals surface area contributed by atoms with Gasteiger partial charge in [-0.3, -0.25) is 9.59 Å². The predicted molar refractivity (Wildman–Crippen MR) is 73.8 cm³/mol. The molecule has 0 fully saturated rings. The maximum atomic E-state index is 12.0. The van der Waals surface area contributed by atoms with E-state index in [1.165, 1.54) is 6.07 Å². The summed E-state index contributed by atoms with van der Waals surface area (Å²) in [7, 11) is 0. The van der Waals surface area contributed by atoms with E-state index in [1.54, 1.807) is 36.4 Å². The smallest absolute Gasteiger partial charge is 0.255 e. The number of hydrogen-bond donors (Lipinski definition) is 3. The zero-order chi connectivity index (χ0) is 13.8. The second kappa shape index (κ2) is 5.22. The minimum absolute atomic E-state index is 0.185. The van der Waals surface area contributed by atoms with Gasteiger partial charge in [0.15, 0.2) is 0 Å². The molecule has 0 unspecified atom stereocenters. The van der Waals surface area contributed by atoms with Crippen LogP contribution >= 0.6 is 0 Å². The van der Waals surface area contributed by atoms with E-state index >= 15 is 0 Å². The number of carbonyl (C=O) groups is 2. The van der Waals surface area contributed by atoms with Crippen LogP contribution in [0.3, 0.4) is 0 Å². The molecule has 0 spiro atoms. The molecular weight excluding hydrogens is 242 g/mol. The first kappa shape index (κ1) is 12.6. The fraction of sp³-hybridized carbons (Fsp3) is 0. The highest BCUT2D eigenvalue weighted by Crippen LogP contribution is 2.19. The van der Waals surface area contributed by atoms with Gasteiger partial charge in [-0.05, 0) is 30.3 Å². The molecule has 0 aliphatic rings. The molecule has 5 heteroatoms. The highest BCUT2D eigenvalue weighted by molar-refractivity contribution is 6.09. The number of carbonyl (C=O) groups excluding carboxylic acids is 2.